The fraction of sp³-hybridized carbons (Fsp3) is 0.0667. The minimum Gasteiger partial charge on any atom is -0.497 e. The van der Waals surface area contributed by atoms with Crippen molar-refractivity contribution in [3.05, 3.63) is 47.0 Å². The maximum atomic E-state index is 10.9. The van der Waals surface area contributed by atoms with E-state index in [0.29, 0.717) is 33.3 Å². The summed E-state index contributed by atoms with van der Waals surface area (Å²) in [5.41, 5.74) is 1.73. The van der Waals surface area contributed by atoms with Gasteiger partial charge in [-0.2, -0.15) is 0 Å². The Morgan fingerprint density at radius 1 is 1.29 bits per heavy atom. The molecular weight excluding hydrogens is 294 g/mol. The molecule has 0 atom stereocenters. The van der Waals surface area contributed by atoms with Gasteiger partial charge in [0.15, 0.2) is 5.58 Å². The molecule has 0 saturated carbocycles. The van der Waals surface area contributed by atoms with Gasteiger partial charge < -0.3 is 14.3 Å². The quantitative estimate of drug-likeness (QED) is 0.795. The normalized spacial score (nSPS) is 10.8. The molecule has 3 aromatic rings. The second-order valence-corrected chi connectivity index (χ2v) is 4.76. The van der Waals surface area contributed by atoms with Gasteiger partial charge in [0.2, 0.25) is 5.89 Å². The first kappa shape index (κ1) is 13.5. The van der Waals surface area contributed by atoms with Crippen molar-refractivity contribution >= 4 is 28.7 Å². The van der Waals surface area contributed by atoms with Crippen LogP contribution in [0.25, 0.3) is 22.6 Å². The number of aromatic carboxylic acids is 1. The summed E-state index contributed by atoms with van der Waals surface area (Å²) in [7, 11) is 1.55. The van der Waals surface area contributed by atoms with Crippen LogP contribution in [-0.2, 0) is 0 Å². The Hall–Kier alpha value is -2.53. The highest BCUT2D eigenvalue weighted by molar-refractivity contribution is 6.33. The predicted octanol–water partition coefficient (Wildman–Crippen LogP) is 3.86. The van der Waals surface area contributed by atoms with Crippen LogP contribution in [-0.4, -0.2) is 23.2 Å². The van der Waals surface area contributed by atoms with Crippen LogP contribution in [0.1, 0.15) is 10.4 Å². The Kier molecular flexibility index (Phi) is 3.27. The molecule has 0 saturated heterocycles. The van der Waals surface area contributed by atoms with E-state index in [0.717, 1.165) is 0 Å². The van der Waals surface area contributed by atoms with Gasteiger partial charge >= 0.3 is 5.97 Å². The Balaban J connectivity index is 2.10. The van der Waals surface area contributed by atoms with E-state index >= 15 is 0 Å². The van der Waals surface area contributed by atoms with Crippen LogP contribution in [0.5, 0.6) is 5.75 Å². The molecule has 106 valence electrons. The van der Waals surface area contributed by atoms with Gasteiger partial charge in [0.1, 0.15) is 11.3 Å². The average Bonchev–Trinajstić information content (AvgIpc) is 2.89. The lowest BCUT2D eigenvalue weighted by molar-refractivity contribution is 0.0697. The SMILES string of the molecule is COc1ccc(-c2nc3ccc(C(=O)O)cc3o2)c(Cl)c1. The zero-order valence-corrected chi connectivity index (χ0v) is 11.7. The predicted molar refractivity (Wildman–Crippen MR) is 78.0 cm³/mol. The molecule has 3 rings (SSSR count). The molecule has 0 amide bonds. The van der Waals surface area contributed by atoms with Crippen LogP contribution < -0.4 is 4.74 Å². The van der Waals surface area contributed by atoms with Crippen molar-refractivity contribution in [2.45, 2.75) is 0 Å². The number of halogens is 1. The van der Waals surface area contributed by atoms with Gasteiger partial charge in [0.25, 0.3) is 0 Å². The standard InChI is InChI=1S/C15H10ClNO4/c1-20-9-3-4-10(11(16)7-9)14-17-12-5-2-8(15(18)19)6-13(12)21-14/h2-7H,1H3,(H,18,19). The molecule has 2 aromatic carbocycles. The highest BCUT2D eigenvalue weighted by Crippen LogP contribution is 2.32. The Morgan fingerprint density at radius 2 is 2.10 bits per heavy atom. The maximum Gasteiger partial charge on any atom is 0.335 e. The van der Waals surface area contributed by atoms with Gasteiger partial charge in [-0.3, -0.25) is 0 Å². The van der Waals surface area contributed by atoms with Crippen LogP contribution in [0.4, 0.5) is 0 Å². The Morgan fingerprint density at radius 3 is 2.76 bits per heavy atom. The fourth-order valence-corrected chi connectivity index (χ4v) is 2.22. The molecule has 0 aliphatic carbocycles. The van der Waals surface area contributed by atoms with E-state index in [-0.39, 0.29) is 5.56 Å². The maximum absolute atomic E-state index is 10.9. The lowest BCUT2D eigenvalue weighted by atomic mass is 10.2. The zero-order chi connectivity index (χ0) is 15.0. The second-order valence-electron chi connectivity index (χ2n) is 4.35. The summed E-state index contributed by atoms with van der Waals surface area (Å²) in [6.45, 7) is 0. The van der Waals surface area contributed by atoms with Gasteiger partial charge in [-0.05, 0) is 36.4 Å². The van der Waals surface area contributed by atoms with Crippen LogP contribution >= 0.6 is 11.6 Å². The number of rotatable bonds is 3. The second kappa shape index (κ2) is 5.10. The number of methoxy groups -OCH3 is 1. The number of aromatic nitrogens is 1. The third-order valence-electron chi connectivity index (χ3n) is 3.04. The van der Waals surface area contributed by atoms with Crippen molar-refractivity contribution in [3.63, 3.8) is 0 Å². The first-order valence-electron chi connectivity index (χ1n) is 6.06. The fourth-order valence-electron chi connectivity index (χ4n) is 1.97. The van der Waals surface area contributed by atoms with Crippen molar-refractivity contribution in [3.8, 4) is 17.2 Å². The van der Waals surface area contributed by atoms with Gasteiger partial charge in [0, 0.05) is 0 Å². The van der Waals surface area contributed by atoms with Crippen LogP contribution in [0.3, 0.4) is 0 Å². The third kappa shape index (κ3) is 2.43. The molecule has 21 heavy (non-hydrogen) atoms. The summed E-state index contributed by atoms with van der Waals surface area (Å²) in [5.74, 6) is -0.0504. The summed E-state index contributed by atoms with van der Waals surface area (Å²) >= 11 is 6.18. The average molecular weight is 304 g/mol. The van der Waals surface area contributed by atoms with E-state index in [9.17, 15) is 4.79 Å². The number of nitrogens with zero attached hydrogens (tertiary/aromatic N) is 1. The first-order valence-corrected chi connectivity index (χ1v) is 6.44. The summed E-state index contributed by atoms with van der Waals surface area (Å²) < 4.78 is 10.7. The molecule has 1 aromatic heterocycles. The minimum absolute atomic E-state index is 0.144. The summed E-state index contributed by atoms with van der Waals surface area (Å²) in [4.78, 5) is 15.3. The number of benzene rings is 2. The Bertz CT molecular complexity index is 841. The third-order valence-corrected chi connectivity index (χ3v) is 3.35. The van der Waals surface area contributed by atoms with E-state index < -0.39 is 5.97 Å². The number of fused-ring (bicyclic) bond motifs is 1. The lowest BCUT2D eigenvalue weighted by Gasteiger charge is -2.02. The van der Waals surface area contributed by atoms with Gasteiger partial charge in [-0.15, -0.1) is 0 Å². The molecule has 0 aliphatic heterocycles. The van der Waals surface area contributed by atoms with Crippen molar-refractivity contribution in [1.82, 2.24) is 4.98 Å². The van der Waals surface area contributed by atoms with Crippen LogP contribution in [0, 0.1) is 0 Å². The van der Waals surface area contributed by atoms with Crippen LogP contribution in [0.15, 0.2) is 40.8 Å². The van der Waals surface area contributed by atoms with Crippen molar-refractivity contribution in [2.75, 3.05) is 7.11 Å². The van der Waals surface area contributed by atoms with Gasteiger partial charge in [0.05, 0.1) is 23.3 Å². The molecule has 0 radical (unpaired) electrons. The summed E-state index contributed by atoms with van der Waals surface area (Å²) in [6.07, 6.45) is 0. The highest BCUT2D eigenvalue weighted by Gasteiger charge is 2.14. The first-order chi connectivity index (χ1) is 10.1. The molecule has 0 spiro atoms. The lowest BCUT2D eigenvalue weighted by Crippen LogP contribution is -1.94. The van der Waals surface area contributed by atoms with E-state index in [2.05, 4.69) is 4.98 Å². The molecule has 5 nitrogen and oxygen atoms in total. The number of ether oxygens (including phenoxy) is 1. The molecule has 0 bridgehead atoms. The molecular formula is C15H10ClNO4. The molecule has 0 unspecified atom stereocenters. The largest absolute Gasteiger partial charge is 0.497 e. The number of carbonyl (C=O) groups is 1. The monoisotopic (exact) mass is 303 g/mol. The van der Waals surface area contributed by atoms with E-state index in [4.69, 9.17) is 25.9 Å². The highest BCUT2D eigenvalue weighted by atomic mass is 35.5. The number of hydrogen-bond acceptors (Lipinski definition) is 4. The topological polar surface area (TPSA) is 72.6 Å². The minimum atomic E-state index is -1.02. The van der Waals surface area contributed by atoms with Gasteiger partial charge in [-0.25, -0.2) is 9.78 Å². The number of carboxylic acid groups (broad SMARTS) is 1. The number of carboxylic acids is 1. The molecule has 6 heteroatoms. The molecule has 1 heterocycles. The Labute approximate surface area is 124 Å². The van der Waals surface area contributed by atoms with Crippen molar-refractivity contribution < 1.29 is 19.1 Å². The van der Waals surface area contributed by atoms with E-state index in [1.165, 1.54) is 12.1 Å². The van der Waals surface area contributed by atoms with E-state index in [1.54, 1.807) is 31.4 Å². The van der Waals surface area contributed by atoms with Gasteiger partial charge in [-0.1, -0.05) is 11.6 Å². The smallest absolute Gasteiger partial charge is 0.335 e. The molecule has 0 fully saturated rings. The van der Waals surface area contributed by atoms with Crippen molar-refractivity contribution in [2.24, 2.45) is 0 Å². The zero-order valence-electron chi connectivity index (χ0n) is 11.0. The van der Waals surface area contributed by atoms with Crippen molar-refractivity contribution in [1.29, 1.82) is 0 Å². The molecule has 0 aliphatic rings. The molecule has 1 N–H and O–H groups in total. The van der Waals surface area contributed by atoms with Crippen LogP contribution in [0.2, 0.25) is 5.02 Å². The van der Waals surface area contributed by atoms with E-state index in [1.807, 2.05) is 0 Å². The number of hydrogen-bond donors (Lipinski definition) is 1. The number of oxazole rings is 1. The summed E-state index contributed by atoms with van der Waals surface area (Å²) in [5, 5.41) is 9.42. The summed E-state index contributed by atoms with van der Waals surface area (Å²) in [6, 6.07) is 9.67.